The number of aromatic nitrogens is 1. The van der Waals surface area contributed by atoms with E-state index >= 15 is 0 Å². The molecule has 0 bridgehead atoms. The number of likely N-dealkylation sites (tertiary alicyclic amines) is 1. The van der Waals surface area contributed by atoms with Gasteiger partial charge in [0.05, 0.1) is 18.2 Å². The molecule has 0 N–H and O–H groups in total. The van der Waals surface area contributed by atoms with Gasteiger partial charge in [-0.1, -0.05) is 13.8 Å². The van der Waals surface area contributed by atoms with Crippen molar-refractivity contribution in [1.29, 1.82) is 0 Å². The monoisotopic (exact) mass is 324 g/mol. The third kappa shape index (κ3) is 3.67. The van der Waals surface area contributed by atoms with Crippen molar-refractivity contribution in [3.63, 3.8) is 0 Å². The SMILES string of the molecule is CC1(C)COC2(CCN(C(=O)CCc3nccs3)CC2)OC1. The second-order valence-corrected chi connectivity index (χ2v) is 7.94. The lowest BCUT2D eigenvalue weighted by molar-refractivity contribution is -0.311. The van der Waals surface area contributed by atoms with Crippen LogP contribution in [0.4, 0.5) is 0 Å². The van der Waals surface area contributed by atoms with Crippen LogP contribution in [0, 0.1) is 5.41 Å². The van der Waals surface area contributed by atoms with Gasteiger partial charge in [-0.05, 0) is 0 Å². The van der Waals surface area contributed by atoms with Crippen molar-refractivity contribution in [2.75, 3.05) is 26.3 Å². The molecule has 2 aliphatic rings. The molecular weight excluding hydrogens is 300 g/mol. The van der Waals surface area contributed by atoms with Crippen LogP contribution in [0.1, 0.15) is 38.1 Å². The average Bonchev–Trinajstić information content (AvgIpc) is 3.03. The summed E-state index contributed by atoms with van der Waals surface area (Å²) in [5.74, 6) is -0.247. The number of piperidine rings is 1. The third-order valence-corrected chi connectivity index (χ3v) is 5.21. The van der Waals surface area contributed by atoms with Gasteiger partial charge in [0.25, 0.3) is 0 Å². The molecule has 0 aliphatic carbocycles. The van der Waals surface area contributed by atoms with Crippen LogP contribution in [0.3, 0.4) is 0 Å². The Morgan fingerprint density at radius 1 is 1.32 bits per heavy atom. The van der Waals surface area contributed by atoms with Gasteiger partial charge in [0.1, 0.15) is 0 Å². The quantitative estimate of drug-likeness (QED) is 0.857. The summed E-state index contributed by atoms with van der Waals surface area (Å²) in [6.07, 6.45) is 4.60. The smallest absolute Gasteiger partial charge is 0.222 e. The van der Waals surface area contributed by atoms with Gasteiger partial charge >= 0.3 is 0 Å². The Morgan fingerprint density at radius 3 is 2.59 bits per heavy atom. The first-order valence-corrected chi connectivity index (χ1v) is 8.80. The minimum atomic E-state index is -0.457. The Morgan fingerprint density at radius 2 is 2.00 bits per heavy atom. The summed E-state index contributed by atoms with van der Waals surface area (Å²) < 4.78 is 12.0. The Balaban J connectivity index is 1.46. The van der Waals surface area contributed by atoms with Gasteiger partial charge in [0.15, 0.2) is 5.79 Å². The highest BCUT2D eigenvalue weighted by Gasteiger charge is 2.43. The van der Waals surface area contributed by atoms with E-state index in [0.717, 1.165) is 50.6 Å². The van der Waals surface area contributed by atoms with Crippen LogP contribution in [0.15, 0.2) is 11.6 Å². The van der Waals surface area contributed by atoms with E-state index in [9.17, 15) is 4.79 Å². The van der Waals surface area contributed by atoms with Gasteiger partial charge in [-0.15, -0.1) is 11.3 Å². The number of hydrogen-bond acceptors (Lipinski definition) is 5. The van der Waals surface area contributed by atoms with Crippen molar-refractivity contribution in [1.82, 2.24) is 9.88 Å². The predicted octanol–water partition coefficient (Wildman–Crippen LogP) is 2.47. The summed E-state index contributed by atoms with van der Waals surface area (Å²) in [5.41, 5.74) is 0.0892. The van der Waals surface area contributed by atoms with Crippen molar-refractivity contribution in [2.24, 2.45) is 5.41 Å². The largest absolute Gasteiger partial charge is 0.349 e. The van der Waals surface area contributed by atoms with Crippen LogP contribution in [-0.2, 0) is 20.7 Å². The van der Waals surface area contributed by atoms with E-state index in [4.69, 9.17) is 9.47 Å². The van der Waals surface area contributed by atoms with Crippen molar-refractivity contribution in [2.45, 2.75) is 45.3 Å². The first-order chi connectivity index (χ1) is 10.5. The highest BCUT2D eigenvalue weighted by atomic mass is 32.1. The zero-order valence-electron chi connectivity index (χ0n) is 13.3. The van der Waals surface area contributed by atoms with E-state index in [1.807, 2.05) is 10.3 Å². The molecular formula is C16H24N2O3S. The fourth-order valence-electron chi connectivity index (χ4n) is 2.87. The number of amides is 1. The zero-order valence-corrected chi connectivity index (χ0v) is 14.2. The van der Waals surface area contributed by atoms with Crippen LogP contribution < -0.4 is 0 Å². The standard InChI is InChI=1S/C16H24N2O3S/c1-15(2)11-20-16(21-12-15)5-8-18(9-6-16)14(19)4-3-13-17-7-10-22-13/h7,10H,3-6,8-9,11-12H2,1-2H3. The molecule has 6 heteroatoms. The molecule has 0 aromatic carbocycles. The minimum absolute atomic E-state index is 0.0892. The molecule has 1 aromatic heterocycles. The molecule has 2 aliphatic heterocycles. The molecule has 2 fully saturated rings. The van der Waals surface area contributed by atoms with E-state index in [-0.39, 0.29) is 11.3 Å². The first kappa shape index (κ1) is 15.9. The Hall–Kier alpha value is -0.980. The maximum atomic E-state index is 12.3. The number of rotatable bonds is 3. The van der Waals surface area contributed by atoms with Gasteiger partial charge in [-0.3, -0.25) is 4.79 Å². The second kappa shape index (κ2) is 6.26. The number of hydrogen-bond donors (Lipinski definition) is 0. The Labute approximate surface area is 135 Å². The van der Waals surface area contributed by atoms with Crippen molar-refractivity contribution in [3.05, 3.63) is 16.6 Å². The van der Waals surface area contributed by atoms with E-state index in [1.54, 1.807) is 17.5 Å². The number of thiazole rings is 1. The predicted molar refractivity (Wildman–Crippen MR) is 84.7 cm³/mol. The Bertz CT molecular complexity index is 495. The molecule has 1 amide bonds. The third-order valence-electron chi connectivity index (χ3n) is 4.37. The molecule has 5 nitrogen and oxygen atoms in total. The zero-order chi connectivity index (χ0) is 15.6. The van der Waals surface area contributed by atoms with E-state index in [0.29, 0.717) is 6.42 Å². The maximum absolute atomic E-state index is 12.3. The minimum Gasteiger partial charge on any atom is -0.349 e. The van der Waals surface area contributed by atoms with Crippen molar-refractivity contribution < 1.29 is 14.3 Å². The topological polar surface area (TPSA) is 51.7 Å². The summed E-state index contributed by atoms with van der Waals surface area (Å²) in [5, 5.41) is 2.98. The molecule has 122 valence electrons. The molecule has 0 atom stereocenters. The number of carbonyl (C=O) groups excluding carboxylic acids is 1. The number of ether oxygens (including phenoxy) is 2. The van der Waals surface area contributed by atoms with Crippen molar-refractivity contribution >= 4 is 17.2 Å². The highest BCUT2D eigenvalue weighted by Crippen LogP contribution is 2.36. The molecule has 0 unspecified atom stereocenters. The van der Waals surface area contributed by atoms with Crippen molar-refractivity contribution in [3.8, 4) is 0 Å². The summed E-state index contributed by atoms with van der Waals surface area (Å²) in [6.45, 7) is 7.19. The maximum Gasteiger partial charge on any atom is 0.222 e. The molecule has 2 saturated heterocycles. The molecule has 3 heterocycles. The molecule has 1 aromatic rings. The number of aryl methyl sites for hydroxylation is 1. The fourth-order valence-corrected chi connectivity index (χ4v) is 3.49. The first-order valence-electron chi connectivity index (χ1n) is 7.92. The lowest BCUT2D eigenvalue weighted by atomic mass is 9.92. The van der Waals surface area contributed by atoms with Gasteiger partial charge in [-0.25, -0.2) is 4.98 Å². The van der Waals surface area contributed by atoms with Crippen LogP contribution >= 0.6 is 11.3 Å². The second-order valence-electron chi connectivity index (χ2n) is 6.96. The molecule has 0 radical (unpaired) electrons. The highest BCUT2D eigenvalue weighted by molar-refractivity contribution is 7.09. The molecule has 0 saturated carbocycles. The van der Waals surface area contributed by atoms with E-state index < -0.39 is 5.79 Å². The summed E-state index contributed by atoms with van der Waals surface area (Å²) in [4.78, 5) is 18.4. The van der Waals surface area contributed by atoms with Crippen LogP contribution in [0.2, 0.25) is 0 Å². The lowest BCUT2D eigenvalue weighted by Crippen LogP contribution is -2.54. The fraction of sp³-hybridized carbons (Fsp3) is 0.750. The van der Waals surface area contributed by atoms with Gasteiger partial charge in [-0.2, -0.15) is 0 Å². The normalized spacial score (nSPS) is 23.6. The van der Waals surface area contributed by atoms with Gasteiger partial charge < -0.3 is 14.4 Å². The lowest BCUT2D eigenvalue weighted by Gasteiger charge is -2.47. The summed E-state index contributed by atoms with van der Waals surface area (Å²) in [6, 6.07) is 0. The van der Waals surface area contributed by atoms with Crippen LogP contribution in [0.5, 0.6) is 0 Å². The van der Waals surface area contributed by atoms with Gasteiger partial charge in [0, 0.05) is 55.8 Å². The number of carbonyl (C=O) groups is 1. The molecule has 3 rings (SSSR count). The van der Waals surface area contributed by atoms with E-state index in [2.05, 4.69) is 18.8 Å². The number of nitrogens with zero attached hydrogens (tertiary/aromatic N) is 2. The van der Waals surface area contributed by atoms with Gasteiger partial charge in [0.2, 0.25) is 5.91 Å². The van der Waals surface area contributed by atoms with Crippen LogP contribution in [0.25, 0.3) is 0 Å². The summed E-state index contributed by atoms with van der Waals surface area (Å²) >= 11 is 1.61. The van der Waals surface area contributed by atoms with E-state index in [1.165, 1.54) is 0 Å². The average molecular weight is 324 g/mol. The summed E-state index contributed by atoms with van der Waals surface area (Å²) in [7, 11) is 0. The Kier molecular flexibility index (Phi) is 4.52. The molecule has 22 heavy (non-hydrogen) atoms. The van der Waals surface area contributed by atoms with Crippen LogP contribution in [-0.4, -0.2) is 47.9 Å². The molecule has 1 spiro atoms.